The van der Waals surface area contributed by atoms with Gasteiger partial charge in [0.25, 0.3) is 0 Å². The quantitative estimate of drug-likeness (QED) is 0.293. The van der Waals surface area contributed by atoms with Gasteiger partial charge in [0, 0.05) is 18.0 Å². The highest BCUT2D eigenvalue weighted by Gasteiger charge is 2.55. The van der Waals surface area contributed by atoms with E-state index in [9.17, 15) is 9.59 Å². The molecule has 2 fully saturated rings. The van der Waals surface area contributed by atoms with Gasteiger partial charge in [-0.25, -0.2) is 9.59 Å². The molecule has 1 amide bonds. The summed E-state index contributed by atoms with van der Waals surface area (Å²) in [5, 5.41) is 0. The average Bonchev–Trinajstić information content (AvgIpc) is 2.94. The van der Waals surface area contributed by atoms with Crippen LogP contribution in [0, 0.1) is 11.8 Å². The van der Waals surface area contributed by atoms with Gasteiger partial charge in [-0.1, -0.05) is 75.9 Å². The summed E-state index contributed by atoms with van der Waals surface area (Å²) in [6.45, 7) is 5.00. The van der Waals surface area contributed by atoms with Gasteiger partial charge in [0.15, 0.2) is 5.75 Å². The molecule has 2 aromatic rings. The Balaban J connectivity index is 1.31. The van der Waals surface area contributed by atoms with E-state index in [4.69, 9.17) is 14.5 Å². The van der Waals surface area contributed by atoms with Gasteiger partial charge in [-0.15, -0.1) is 0 Å². The Morgan fingerprint density at radius 1 is 1.11 bits per heavy atom. The summed E-state index contributed by atoms with van der Waals surface area (Å²) >= 11 is 0. The largest absolute Gasteiger partial charge is 0.445 e. The van der Waals surface area contributed by atoms with Crippen molar-refractivity contribution in [2.75, 3.05) is 6.54 Å². The SMILES string of the molecule is CCCCC(C)C(=O)OOc1ccc2c(c1)[C@@]13CCCC[C@H]1[C@@H](C2)N(C(=O)OCc1ccccc1)CC3. The van der Waals surface area contributed by atoms with Gasteiger partial charge in [0.05, 0.1) is 5.92 Å². The molecule has 5 rings (SSSR count). The maximum Gasteiger partial charge on any atom is 0.410 e. The van der Waals surface area contributed by atoms with E-state index in [2.05, 4.69) is 19.1 Å². The molecule has 2 aromatic carbocycles. The smallest absolute Gasteiger partial charge is 0.410 e. The second-order valence-corrected chi connectivity index (χ2v) is 11.1. The number of likely N-dealkylation sites (tertiary alicyclic amines) is 1. The van der Waals surface area contributed by atoms with E-state index in [1.807, 2.05) is 48.2 Å². The third-order valence-electron chi connectivity index (χ3n) is 8.86. The molecule has 4 atom stereocenters. The molecule has 6 nitrogen and oxygen atoms in total. The molecule has 1 saturated heterocycles. The van der Waals surface area contributed by atoms with Crippen molar-refractivity contribution >= 4 is 12.1 Å². The maximum atomic E-state index is 13.2. The van der Waals surface area contributed by atoms with E-state index in [0.29, 0.717) is 24.8 Å². The van der Waals surface area contributed by atoms with Crippen LogP contribution < -0.4 is 4.89 Å². The average molecular weight is 506 g/mol. The Hall–Kier alpha value is -3.02. The molecule has 3 aliphatic rings. The van der Waals surface area contributed by atoms with Crippen molar-refractivity contribution in [3.05, 3.63) is 65.2 Å². The number of unbranched alkanes of at least 4 members (excludes halogenated alkanes) is 1. The van der Waals surface area contributed by atoms with Crippen LogP contribution in [0.4, 0.5) is 4.79 Å². The van der Waals surface area contributed by atoms with Crippen molar-refractivity contribution in [2.24, 2.45) is 11.8 Å². The van der Waals surface area contributed by atoms with E-state index < -0.39 is 0 Å². The van der Waals surface area contributed by atoms with Gasteiger partial charge in [0.1, 0.15) is 6.61 Å². The fraction of sp³-hybridized carbons (Fsp3) is 0.548. The Labute approximate surface area is 220 Å². The third kappa shape index (κ3) is 5.21. The van der Waals surface area contributed by atoms with Crippen molar-refractivity contribution in [3.8, 4) is 5.75 Å². The second kappa shape index (κ2) is 11.2. The number of carbonyl (C=O) groups is 2. The van der Waals surface area contributed by atoms with Crippen LogP contribution in [0.15, 0.2) is 48.5 Å². The van der Waals surface area contributed by atoms with Gasteiger partial charge < -0.3 is 9.64 Å². The summed E-state index contributed by atoms with van der Waals surface area (Å²) in [6, 6.07) is 16.1. The first-order valence-corrected chi connectivity index (χ1v) is 14.0. The predicted molar refractivity (Wildman–Crippen MR) is 141 cm³/mol. The number of fused-ring (bicyclic) bond motifs is 1. The molecule has 1 aliphatic heterocycles. The Morgan fingerprint density at radius 2 is 1.95 bits per heavy atom. The van der Waals surface area contributed by atoms with Crippen molar-refractivity contribution in [3.63, 3.8) is 0 Å². The molecule has 37 heavy (non-hydrogen) atoms. The van der Waals surface area contributed by atoms with Crippen LogP contribution in [-0.4, -0.2) is 29.5 Å². The lowest BCUT2D eigenvalue weighted by molar-refractivity contribution is -0.218. The van der Waals surface area contributed by atoms with Gasteiger partial charge in [-0.2, -0.15) is 0 Å². The molecular weight excluding hydrogens is 466 g/mol. The minimum atomic E-state index is -0.317. The number of carbonyl (C=O) groups excluding carboxylic acids is 2. The topological polar surface area (TPSA) is 65.1 Å². The van der Waals surface area contributed by atoms with E-state index in [-0.39, 0.29) is 29.4 Å². The summed E-state index contributed by atoms with van der Waals surface area (Å²) in [6.07, 6.45) is 8.99. The fourth-order valence-electron chi connectivity index (χ4n) is 6.86. The van der Waals surface area contributed by atoms with Crippen molar-refractivity contribution in [1.29, 1.82) is 0 Å². The summed E-state index contributed by atoms with van der Waals surface area (Å²) in [5.41, 5.74) is 3.61. The van der Waals surface area contributed by atoms with Crippen molar-refractivity contribution in [1.82, 2.24) is 4.90 Å². The summed E-state index contributed by atoms with van der Waals surface area (Å²) < 4.78 is 5.76. The monoisotopic (exact) mass is 505 g/mol. The first-order chi connectivity index (χ1) is 18.0. The Bertz CT molecular complexity index is 1100. The molecule has 1 unspecified atom stereocenters. The van der Waals surface area contributed by atoms with Crippen LogP contribution in [0.3, 0.4) is 0 Å². The highest BCUT2D eigenvalue weighted by Crippen LogP contribution is 2.56. The lowest BCUT2D eigenvalue weighted by atomic mass is 9.52. The fourth-order valence-corrected chi connectivity index (χ4v) is 6.86. The molecule has 1 heterocycles. The number of benzene rings is 2. The molecule has 2 aliphatic carbocycles. The standard InChI is InChI=1S/C31H39NO5/c1-3-4-10-22(2)29(33)37-36-25-15-14-24-19-28-26-13-8-9-16-31(26,27(24)20-25)17-18-32(28)30(34)35-21-23-11-6-5-7-12-23/h5-7,11-12,14-15,20,22,26,28H,3-4,8-10,13,16-19,21H2,1-2H3/t22?,26-,28+,31+/m0/s1. The van der Waals surface area contributed by atoms with Crippen LogP contribution in [0.2, 0.25) is 0 Å². The van der Waals surface area contributed by atoms with E-state index >= 15 is 0 Å². The van der Waals surface area contributed by atoms with Crippen LogP contribution in [0.1, 0.15) is 81.9 Å². The highest BCUT2D eigenvalue weighted by molar-refractivity contribution is 5.71. The minimum absolute atomic E-state index is 0.0322. The lowest BCUT2D eigenvalue weighted by Crippen LogP contribution is -2.62. The molecule has 0 aromatic heterocycles. The molecular formula is C31H39NO5. The number of nitrogens with zero attached hydrogens (tertiary/aromatic N) is 1. The molecule has 198 valence electrons. The van der Waals surface area contributed by atoms with Gasteiger partial charge in [0.2, 0.25) is 0 Å². The van der Waals surface area contributed by atoms with Gasteiger partial charge >= 0.3 is 12.1 Å². The minimum Gasteiger partial charge on any atom is -0.445 e. The molecule has 0 radical (unpaired) electrons. The zero-order valence-electron chi connectivity index (χ0n) is 22.1. The Kier molecular flexibility index (Phi) is 7.73. The van der Waals surface area contributed by atoms with Crippen molar-refractivity contribution in [2.45, 2.75) is 89.7 Å². The van der Waals surface area contributed by atoms with E-state index in [1.54, 1.807) is 0 Å². The number of hydrogen-bond acceptors (Lipinski definition) is 5. The summed E-state index contributed by atoms with van der Waals surface area (Å²) in [7, 11) is 0. The number of piperidine rings is 1. The van der Waals surface area contributed by atoms with E-state index in [1.165, 1.54) is 24.0 Å². The lowest BCUT2D eigenvalue weighted by Gasteiger charge is -2.58. The molecule has 2 bridgehead atoms. The molecule has 1 saturated carbocycles. The zero-order valence-corrected chi connectivity index (χ0v) is 22.1. The van der Waals surface area contributed by atoms with Crippen molar-refractivity contribution < 1.29 is 24.1 Å². The number of rotatable bonds is 8. The third-order valence-corrected chi connectivity index (χ3v) is 8.86. The normalized spacial score (nSPS) is 24.9. The van der Waals surface area contributed by atoms with Gasteiger partial charge in [-0.05, 0) is 66.8 Å². The predicted octanol–water partition coefficient (Wildman–Crippen LogP) is 6.75. The number of ether oxygens (including phenoxy) is 1. The first kappa shape index (κ1) is 25.6. The zero-order chi connectivity index (χ0) is 25.8. The van der Waals surface area contributed by atoms with Crippen LogP contribution in [0.5, 0.6) is 5.75 Å². The maximum absolute atomic E-state index is 13.2. The highest BCUT2D eigenvalue weighted by atomic mass is 17.2. The number of amides is 1. The van der Waals surface area contributed by atoms with Gasteiger partial charge in [-0.3, -0.25) is 9.78 Å². The number of hydrogen-bond donors (Lipinski definition) is 0. The van der Waals surface area contributed by atoms with Crippen LogP contribution in [0.25, 0.3) is 0 Å². The first-order valence-electron chi connectivity index (χ1n) is 14.0. The second-order valence-electron chi connectivity index (χ2n) is 11.1. The van der Waals surface area contributed by atoms with Crippen LogP contribution >= 0.6 is 0 Å². The molecule has 0 spiro atoms. The Morgan fingerprint density at radius 3 is 2.76 bits per heavy atom. The molecule has 6 heteroatoms. The molecule has 0 N–H and O–H groups in total. The van der Waals surface area contributed by atoms with E-state index in [0.717, 1.165) is 50.5 Å². The summed E-state index contributed by atoms with van der Waals surface area (Å²) in [4.78, 5) is 38.3. The van der Waals surface area contributed by atoms with Crippen LogP contribution in [-0.2, 0) is 32.9 Å². The summed E-state index contributed by atoms with van der Waals surface area (Å²) in [5.74, 6) is 0.489.